The molecule has 0 aliphatic heterocycles. The molecular weight excluding hydrogens is 377 g/mol. The van der Waals surface area contributed by atoms with Crippen LogP contribution >= 0.6 is 11.3 Å². The predicted octanol–water partition coefficient (Wildman–Crippen LogP) is 5.80. The fraction of sp³-hybridized carbons (Fsp3) is 0.150. The fourth-order valence-electron chi connectivity index (χ4n) is 2.30. The molecule has 0 aliphatic carbocycles. The second-order valence-corrected chi connectivity index (χ2v) is 6.19. The van der Waals surface area contributed by atoms with Crippen LogP contribution in [0.25, 0.3) is 10.4 Å². The summed E-state index contributed by atoms with van der Waals surface area (Å²) in [5, 5.41) is 9.30. The van der Waals surface area contributed by atoms with Crippen LogP contribution in [-0.4, -0.2) is 18.0 Å². The Hall–Kier alpha value is -2.80. The summed E-state index contributed by atoms with van der Waals surface area (Å²) >= 11 is 1.07. The van der Waals surface area contributed by atoms with Gasteiger partial charge in [-0.05, 0) is 48.0 Å². The van der Waals surface area contributed by atoms with Crippen LogP contribution in [0.2, 0.25) is 0 Å². The highest BCUT2D eigenvalue weighted by Crippen LogP contribution is 2.33. The van der Waals surface area contributed by atoms with E-state index in [4.69, 9.17) is 0 Å². The number of halogens is 3. The van der Waals surface area contributed by atoms with Gasteiger partial charge in [0.05, 0.1) is 17.6 Å². The third-order valence-corrected chi connectivity index (χ3v) is 4.68. The van der Waals surface area contributed by atoms with Crippen LogP contribution in [0.3, 0.4) is 0 Å². The normalized spacial score (nSPS) is 10.1. The predicted molar refractivity (Wildman–Crippen MR) is 99.1 cm³/mol. The summed E-state index contributed by atoms with van der Waals surface area (Å²) in [7, 11) is 0.989. The molecular formula is C20H17F3O3S. The summed E-state index contributed by atoms with van der Waals surface area (Å²) in [5.41, 5.74) is 0.153. The third kappa shape index (κ3) is 4.14. The van der Waals surface area contributed by atoms with Crippen molar-refractivity contribution in [1.82, 2.24) is 0 Å². The number of carbonyl (C=O) groups excluding carboxylic acids is 1. The maximum atomic E-state index is 14.2. The van der Waals surface area contributed by atoms with E-state index < -0.39 is 34.5 Å². The van der Waals surface area contributed by atoms with E-state index in [0.717, 1.165) is 24.0 Å². The van der Waals surface area contributed by atoms with Crippen LogP contribution in [0.1, 0.15) is 29.1 Å². The van der Waals surface area contributed by atoms with Gasteiger partial charge < -0.3 is 9.84 Å². The van der Waals surface area contributed by atoms with Crippen molar-refractivity contribution in [1.29, 1.82) is 0 Å². The zero-order chi connectivity index (χ0) is 20.1. The summed E-state index contributed by atoms with van der Waals surface area (Å²) in [5.74, 6) is -5.69. The van der Waals surface area contributed by atoms with Gasteiger partial charge >= 0.3 is 0 Å². The first-order valence-corrected chi connectivity index (χ1v) is 8.89. The minimum absolute atomic E-state index is 0.104. The lowest BCUT2D eigenvalue weighted by molar-refractivity contribution is 0.103. The molecule has 27 heavy (non-hydrogen) atoms. The number of benzene rings is 2. The molecule has 3 rings (SSSR count). The first-order chi connectivity index (χ1) is 12.9. The largest absolute Gasteiger partial charge is 0.508 e. The highest BCUT2D eigenvalue weighted by atomic mass is 32.1. The molecule has 0 saturated carbocycles. The molecule has 0 spiro atoms. The summed E-state index contributed by atoms with van der Waals surface area (Å²) in [4.78, 5) is 13.4. The molecule has 0 radical (unpaired) electrons. The smallest absolute Gasteiger partial charge is 0.206 e. The number of ether oxygens (including phenoxy) is 1. The van der Waals surface area contributed by atoms with Crippen molar-refractivity contribution in [2.24, 2.45) is 0 Å². The van der Waals surface area contributed by atoms with E-state index in [1.165, 1.54) is 18.2 Å². The van der Waals surface area contributed by atoms with Crippen molar-refractivity contribution in [3.05, 3.63) is 70.4 Å². The topological polar surface area (TPSA) is 46.5 Å². The molecule has 2 aromatic carbocycles. The van der Waals surface area contributed by atoms with Gasteiger partial charge in [-0.3, -0.25) is 4.79 Å². The number of aromatic hydroxyl groups is 1. The molecule has 1 heterocycles. The molecule has 1 aromatic heterocycles. The number of methoxy groups -OCH3 is 1. The average Bonchev–Trinajstić information content (AvgIpc) is 3.17. The number of ketones is 1. The lowest BCUT2D eigenvalue weighted by Crippen LogP contribution is -2.07. The van der Waals surface area contributed by atoms with Crippen molar-refractivity contribution >= 4 is 17.1 Å². The van der Waals surface area contributed by atoms with Gasteiger partial charge in [-0.15, -0.1) is 11.3 Å². The van der Waals surface area contributed by atoms with Crippen LogP contribution in [-0.2, 0) is 0 Å². The summed E-state index contributed by atoms with van der Waals surface area (Å²) in [6, 6.07) is 9.97. The summed E-state index contributed by atoms with van der Waals surface area (Å²) < 4.78 is 45.8. The molecule has 0 fully saturated rings. The zero-order valence-electron chi connectivity index (χ0n) is 14.8. The Morgan fingerprint density at radius 3 is 2.22 bits per heavy atom. The third-order valence-electron chi connectivity index (χ3n) is 3.55. The number of hydrogen-bond donors (Lipinski definition) is 1. The average molecular weight is 394 g/mol. The number of rotatable bonds is 4. The first-order valence-electron chi connectivity index (χ1n) is 8.07. The molecule has 0 atom stereocenters. The summed E-state index contributed by atoms with van der Waals surface area (Å²) in [6.45, 7) is 4.00. The van der Waals surface area contributed by atoms with Crippen molar-refractivity contribution in [2.75, 3.05) is 7.11 Å². The molecule has 0 bridgehead atoms. The van der Waals surface area contributed by atoms with Crippen LogP contribution in [0.15, 0.2) is 42.5 Å². The van der Waals surface area contributed by atoms with E-state index in [2.05, 4.69) is 4.74 Å². The van der Waals surface area contributed by atoms with Crippen molar-refractivity contribution in [3.8, 4) is 21.9 Å². The minimum atomic E-state index is -1.48. The Morgan fingerprint density at radius 2 is 1.63 bits per heavy atom. The number of thiophene rings is 1. The van der Waals surface area contributed by atoms with Gasteiger partial charge in [0.1, 0.15) is 5.75 Å². The molecule has 142 valence electrons. The zero-order valence-corrected chi connectivity index (χ0v) is 15.7. The Morgan fingerprint density at radius 1 is 1.00 bits per heavy atom. The van der Waals surface area contributed by atoms with Gasteiger partial charge in [0.2, 0.25) is 11.6 Å². The van der Waals surface area contributed by atoms with Crippen LogP contribution in [0.5, 0.6) is 11.5 Å². The highest BCUT2D eigenvalue weighted by Gasteiger charge is 2.25. The molecule has 0 amide bonds. The van der Waals surface area contributed by atoms with Gasteiger partial charge in [-0.1, -0.05) is 13.8 Å². The number of carbonyl (C=O) groups is 1. The molecule has 3 nitrogen and oxygen atoms in total. The molecule has 0 unspecified atom stereocenters. The van der Waals surface area contributed by atoms with Crippen LogP contribution in [0, 0.1) is 17.5 Å². The monoisotopic (exact) mass is 394 g/mol. The van der Waals surface area contributed by atoms with Crippen molar-refractivity contribution in [3.63, 3.8) is 0 Å². The lowest BCUT2D eigenvalue weighted by Gasteiger charge is -2.08. The second-order valence-electron chi connectivity index (χ2n) is 5.11. The van der Waals surface area contributed by atoms with Crippen LogP contribution in [0.4, 0.5) is 13.2 Å². The number of phenolic OH excluding ortho intramolecular Hbond substituents is 1. The van der Waals surface area contributed by atoms with Gasteiger partial charge in [-0.25, -0.2) is 8.78 Å². The quantitative estimate of drug-likeness (QED) is 0.449. The Balaban J connectivity index is 0.00000126. The Labute approximate surface area is 158 Å². The maximum absolute atomic E-state index is 14.2. The van der Waals surface area contributed by atoms with Gasteiger partial charge in [0, 0.05) is 4.88 Å². The van der Waals surface area contributed by atoms with Gasteiger partial charge in [-0.2, -0.15) is 4.39 Å². The van der Waals surface area contributed by atoms with E-state index in [9.17, 15) is 23.1 Å². The lowest BCUT2D eigenvalue weighted by atomic mass is 10.1. The molecule has 0 aliphatic rings. The van der Waals surface area contributed by atoms with E-state index in [1.54, 1.807) is 18.2 Å². The van der Waals surface area contributed by atoms with Gasteiger partial charge in [0.15, 0.2) is 17.4 Å². The van der Waals surface area contributed by atoms with Gasteiger partial charge in [0.25, 0.3) is 0 Å². The highest BCUT2D eigenvalue weighted by molar-refractivity contribution is 7.17. The van der Waals surface area contributed by atoms with E-state index >= 15 is 0 Å². The molecule has 1 N–H and O–H groups in total. The minimum Gasteiger partial charge on any atom is -0.508 e. The standard InChI is InChI=1S/C18H11F3O3S.C2H6/c1-24-18-15(20)11(8-12(19)16(18)21)17(23)14-7-6-13(25-14)9-2-4-10(22)5-3-9;1-2/h2-8,22H,1H3;1-2H3. The van der Waals surface area contributed by atoms with Crippen molar-refractivity contribution < 1.29 is 27.8 Å². The molecule has 3 aromatic rings. The molecule has 7 heteroatoms. The Bertz CT molecular complexity index is 950. The molecule has 0 saturated heterocycles. The van der Waals surface area contributed by atoms with Crippen LogP contribution < -0.4 is 4.74 Å². The SMILES string of the molecule is CC.COc1c(F)c(F)cc(C(=O)c2ccc(-c3ccc(O)cc3)s2)c1F. The van der Waals surface area contributed by atoms with Crippen molar-refractivity contribution in [2.45, 2.75) is 13.8 Å². The first kappa shape index (κ1) is 20.5. The number of hydrogen-bond acceptors (Lipinski definition) is 4. The summed E-state index contributed by atoms with van der Waals surface area (Å²) in [6.07, 6.45) is 0. The van der Waals surface area contributed by atoms with E-state index in [0.29, 0.717) is 10.9 Å². The maximum Gasteiger partial charge on any atom is 0.206 e. The Kier molecular flexibility index (Phi) is 6.63. The fourth-order valence-corrected chi connectivity index (χ4v) is 3.26. The van der Waals surface area contributed by atoms with E-state index in [1.807, 2.05) is 13.8 Å². The van der Waals surface area contributed by atoms with E-state index in [-0.39, 0.29) is 10.6 Å². The second kappa shape index (κ2) is 8.73. The number of phenols is 1.